The fraction of sp³-hybridized carbons (Fsp3) is 0.667. The first-order valence-electron chi connectivity index (χ1n) is 6.06. The number of aryl methyl sites for hydroxylation is 1. The molecule has 0 aliphatic carbocycles. The maximum atomic E-state index is 11.2. The molecule has 1 fully saturated rings. The zero-order valence-electron chi connectivity index (χ0n) is 10.4. The number of hydrogen-bond donors (Lipinski definition) is 1. The van der Waals surface area contributed by atoms with Gasteiger partial charge in [-0.1, -0.05) is 6.42 Å². The minimum absolute atomic E-state index is 0.163. The lowest BCUT2D eigenvalue weighted by Gasteiger charge is -2.31. The summed E-state index contributed by atoms with van der Waals surface area (Å²) in [5.74, 6) is 1.01. The lowest BCUT2D eigenvalue weighted by Crippen LogP contribution is -2.40. The molecule has 0 saturated carbocycles. The van der Waals surface area contributed by atoms with Gasteiger partial charge in [0.05, 0.1) is 6.07 Å². The number of piperidine rings is 1. The zero-order valence-corrected chi connectivity index (χ0v) is 10.4. The molecule has 5 nitrogen and oxygen atoms in total. The Labute approximate surface area is 101 Å². The molecule has 17 heavy (non-hydrogen) atoms. The second-order valence-corrected chi connectivity index (χ2v) is 4.61. The standard InChI is InChI=1S/C12H19N3O2/c1-9-13-11(16)7-12(14-9)17-8-10-5-3-4-6-15(10)2/h7,10H,3-6,8H2,1-2H3,(H,13,14,16). The van der Waals surface area contributed by atoms with Crippen LogP contribution in [0.2, 0.25) is 0 Å². The van der Waals surface area contributed by atoms with E-state index in [2.05, 4.69) is 21.9 Å². The summed E-state index contributed by atoms with van der Waals surface area (Å²) in [5, 5.41) is 0. The van der Waals surface area contributed by atoms with Crippen molar-refractivity contribution in [2.75, 3.05) is 20.2 Å². The molecule has 1 atom stereocenters. The van der Waals surface area contributed by atoms with Gasteiger partial charge in [-0.15, -0.1) is 0 Å². The molecule has 0 amide bonds. The number of nitrogens with zero attached hydrogens (tertiary/aromatic N) is 2. The van der Waals surface area contributed by atoms with Crippen LogP contribution in [0.4, 0.5) is 0 Å². The van der Waals surface area contributed by atoms with Gasteiger partial charge in [-0.3, -0.25) is 4.79 Å². The largest absolute Gasteiger partial charge is 0.476 e. The van der Waals surface area contributed by atoms with Gasteiger partial charge in [0.2, 0.25) is 5.88 Å². The Morgan fingerprint density at radius 2 is 2.41 bits per heavy atom. The van der Waals surface area contributed by atoms with Crippen molar-refractivity contribution in [3.8, 4) is 5.88 Å². The van der Waals surface area contributed by atoms with Crippen molar-refractivity contribution in [1.82, 2.24) is 14.9 Å². The van der Waals surface area contributed by atoms with Crippen LogP contribution in [0.15, 0.2) is 10.9 Å². The van der Waals surface area contributed by atoms with E-state index in [1.54, 1.807) is 6.92 Å². The molecule has 1 N–H and O–H groups in total. The van der Waals surface area contributed by atoms with Crippen molar-refractivity contribution in [3.05, 3.63) is 22.2 Å². The summed E-state index contributed by atoms with van der Waals surface area (Å²) in [5.41, 5.74) is -0.163. The smallest absolute Gasteiger partial charge is 0.254 e. The molecular weight excluding hydrogens is 218 g/mol. The minimum atomic E-state index is -0.163. The second kappa shape index (κ2) is 5.31. The number of nitrogens with one attached hydrogen (secondary N) is 1. The summed E-state index contributed by atoms with van der Waals surface area (Å²) in [6.07, 6.45) is 3.66. The van der Waals surface area contributed by atoms with Gasteiger partial charge in [-0.05, 0) is 33.4 Å². The maximum Gasteiger partial charge on any atom is 0.254 e. The number of rotatable bonds is 3. The molecule has 2 heterocycles. The molecule has 1 aromatic heterocycles. The SMILES string of the molecule is Cc1nc(OCC2CCCCN2C)cc(=O)[nH]1. The molecule has 5 heteroatoms. The van der Waals surface area contributed by atoms with Crippen LogP contribution in [0.3, 0.4) is 0 Å². The summed E-state index contributed by atoms with van der Waals surface area (Å²) in [4.78, 5) is 20.3. The Morgan fingerprint density at radius 3 is 3.12 bits per heavy atom. The number of H-pyrrole nitrogens is 1. The summed E-state index contributed by atoms with van der Waals surface area (Å²) in [6.45, 7) is 3.48. The van der Waals surface area contributed by atoms with Gasteiger partial charge in [0, 0.05) is 6.04 Å². The number of aromatic nitrogens is 2. The zero-order chi connectivity index (χ0) is 12.3. The first-order valence-corrected chi connectivity index (χ1v) is 6.06. The fourth-order valence-electron chi connectivity index (χ4n) is 2.16. The van der Waals surface area contributed by atoms with E-state index in [4.69, 9.17) is 4.74 Å². The second-order valence-electron chi connectivity index (χ2n) is 4.61. The van der Waals surface area contributed by atoms with Crippen molar-refractivity contribution in [3.63, 3.8) is 0 Å². The molecule has 1 unspecified atom stereocenters. The van der Waals surface area contributed by atoms with Crippen LogP contribution in [0, 0.1) is 6.92 Å². The van der Waals surface area contributed by atoms with Crippen molar-refractivity contribution >= 4 is 0 Å². The number of ether oxygens (including phenoxy) is 1. The highest BCUT2D eigenvalue weighted by Gasteiger charge is 2.19. The summed E-state index contributed by atoms with van der Waals surface area (Å²) >= 11 is 0. The molecule has 0 bridgehead atoms. The molecule has 94 valence electrons. The average molecular weight is 237 g/mol. The summed E-state index contributed by atoms with van der Waals surface area (Å²) < 4.78 is 5.60. The highest BCUT2D eigenvalue weighted by Crippen LogP contribution is 2.15. The van der Waals surface area contributed by atoms with Crippen molar-refractivity contribution in [1.29, 1.82) is 0 Å². The van der Waals surface area contributed by atoms with Crippen LogP contribution in [-0.4, -0.2) is 41.1 Å². The molecule has 0 aromatic carbocycles. The Morgan fingerprint density at radius 1 is 1.59 bits per heavy atom. The molecule has 2 rings (SSSR count). The third-order valence-corrected chi connectivity index (χ3v) is 3.18. The predicted octanol–water partition coefficient (Wildman–Crippen LogP) is 0.941. The van der Waals surface area contributed by atoms with E-state index >= 15 is 0 Å². The lowest BCUT2D eigenvalue weighted by molar-refractivity contribution is 0.122. The van der Waals surface area contributed by atoms with Crippen LogP contribution in [0.5, 0.6) is 5.88 Å². The summed E-state index contributed by atoms with van der Waals surface area (Å²) in [6, 6.07) is 1.83. The van der Waals surface area contributed by atoms with E-state index in [9.17, 15) is 4.79 Å². The number of hydrogen-bond acceptors (Lipinski definition) is 4. The topological polar surface area (TPSA) is 58.2 Å². The van der Waals surface area contributed by atoms with Gasteiger partial charge in [0.1, 0.15) is 12.4 Å². The Hall–Kier alpha value is -1.36. The monoisotopic (exact) mass is 237 g/mol. The van der Waals surface area contributed by atoms with Crippen LogP contribution in [0.1, 0.15) is 25.1 Å². The van der Waals surface area contributed by atoms with Gasteiger partial charge >= 0.3 is 0 Å². The fourth-order valence-corrected chi connectivity index (χ4v) is 2.16. The van der Waals surface area contributed by atoms with Crippen molar-refractivity contribution in [2.45, 2.75) is 32.2 Å². The number of likely N-dealkylation sites (tertiary alicyclic amines) is 1. The normalized spacial score (nSPS) is 21.4. The average Bonchev–Trinajstić information content (AvgIpc) is 2.27. The van der Waals surface area contributed by atoms with Crippen LogP contribution >= 0.6 is 0 Å². The Balaban J connectivity index is 1.94. The van der Waals surface area contributed by atoms with Crippen LogP contribution in [0.25, 0.3) is 0 Å². The molecule has 1 aliphatic heterocycles. The van der Waals surface area contributed by atoms with E-state index in [-0.39, 0.29) is 5.56 Å². The highest BCUT2D eigenvalue weighted by atomic mass is 16.5. The maximum absolute atomic E-state index is 11.2. The van der Waals surface area contributed by atoms with Crippen molar-refractivity contribution < 1.29 is 4.74 Å². The first kappa shape index (κ1) is 12.1. The number of aromatic amines is 1. The van der Waals surface area contributed by atoms with E-state index in [0.717, 1.165) is 13.0 Å². The lowest BCUT2D eigenvalue weighted by atomic mass is 10.0. The molecule has 1 saturated heterocycles. The van der Waals surface area contributed by atoms with Gasteiger partial charge in [0.15, 0.2) is 0 Å². The quantitative estimate of drug-likeness (QED) is 0.850. The van der Waals surface area contributed by atoms with Gasteiger partial charge < -0.3 is 14.6 Å². The third kappa shape index (κ3) is 3.30. The van der Waals surface area contributed by atoms with Gasteiger partial charge in [-0.2, -0.15) is 0 Å². The molecular formula is C12H19N3O2. The van der Waals surface area contributed by atoms with E-state index in [1.165, 1.54) is 18.9 Å². The Kier molecular flexibility index (Phi) is 3.78. The third-order valence-electron chi connectivity index (χ3n) is 3.18. The molecule has 0 spiro atoms. The molecule has 1 aliphatic rings. The van der Waals surface area contributed by atoms with Gasteiger partial charge in [-0.25, -0.2) is 4.98 Å². The van der Waals surface area contributed by atoms with E-state index in [0.29, 0.717) is 24.4 Å². The summed E-state index contributed by atoms with van der Waals surface area (Å²) in [7, 11) is 2.11. The molecule has 1 aromatic rings. The Bertz CT molecular complexity index is 430. The minimum Gasteiger partial charge on any atom is -0.476 e. The van der Waals surface area contributed by atoms with Crippen molar-refractivity contribution in [2.24, 2.45) is 0 Å². The van der Waals surface area contributed by atoms with E-state index in [1.807, 2.05) is 0 Å². The number of likely N-dealkylation sites (N-methyl/N-ethyl adjacent to an activating group) is 1. The highest BCUT2D eigenvalue weighted by molar-refractivity contribution is 5.08. The van der Waals surface area contributed by atoms with E-state index < -0.39 is 0 Å². The molecule has 0 radical (unpaired) electrons. The first-order chi connectivity index (χ1) is 8.15. The van der Waals surface area contributed by atoms with Crippen LogP contribution < -0.4 is 10.3 Å². The predicted molar refractivity (Wildman–Crippen MR) is 65.4 cm³/mol. The van der Waals surface area contributed by atoms with Crippen LogP contribution in [-0.2, 0) is 0 Å². The van der Waals surface area contributed by atoms with Gasteiger partial charge in [0.25, 0.3) is 5.56 Å².